The minimum atomic E-state index is 0.353. The smallest absolute Gasteiger partial charge is 0.224 e. The number of aryl methyl sites for hydroxylation is 1. The fraction of sp³-hybridized carbons (Fsp3) is 0.692. The minimum absolute atomic E-state index is 0.353. The van der Waals surface area contributed by atoms with Crippen LogP contribution in [0.1, 0.15) is 44.6 Å². The first-order valence-corrected chi connectivity index (χ1v) is 6.86. The quantitative estimate of drug-likeness (QED) is 0.771. The Hall–Kier alpha value is -0.830. The van der Waals surface area contributed by atoms with Crippen molar-refractivity contribution in [3.8, 4) is 0 Å². The van der Waals surface area contributed by atoms with E-state index in [4.69, 9.17) is 11.6 Å². The average molecular weight is 254 g/mol. The lowest BCUT2D eigenvalue weighted by Gasteiger charge is -2.37. The third kappa shape index (κ3) is 2.89. The lowest BCUT2D eigenvalue weighted by molar-refractivity contribution is 0.431. The molecule has 1 aromatic heterocycles. The summed E-state index contributed by atoms with van der Waals surface area (Å²) in [6.45, 7) is 5.40. The molecule has 0 bridgehead atoms. The number of piperidine rings is 1. The van der Waals surface area contributed by atoms with E-state index in [2.05, 4.69) is 28.7 Å². The van der Waals surface area contributed by atoms with Gasteiger partial charge in [0.15, 0.2) is 0 Å². The normalized spacial score (nSPS) is 20.6. The molecule has 0 N–H and O–H groups in total. The number of hydrogen-bond donors (Lipinski definition) is 0. The van der Waals surface area contributed by atoms with Crippen molar-refractivity contribution in [1.82, 2.24) is 9.97 Å². The second-order valence-corrected chi connectivity index (χ2v) is 5.12. The van der Waals surface area contributed by atoms with Crippen molar-refractivity contribution in [2.75, 3.05) is 11.4 Å². The summed E-state index contributed by atoms with van der Waals surface area (Å²) in [5, 5.41) is 0.353. The van der Waals surface area contributed by atoms with Crippen molar-refractivity contribution in [2.45, 2.75) is 52.0 Å². The van der Waals surface area contributed by atoms with Crippen LogP contribution in [-0.4, -0.2) is 22.6 Å². The Morgan fingerprint density at radius 1 is 1.47 bits per heavy atom. The Morgan fingerprint density at radius 2 is 2.29 bits per heavy atom. The largest absolute Gasteiger partial charge is 0.353 e. The maximum absolute atomic E-state index is 5.91. The molecule has 1 fully saturated rings. The van der Waals surface area contributed by atoms with Gasteiger partial charge in [0, 0.05) is 24.3 Å². The summed E-state index contributed by atoms with van der Waals surface area (Å²) < 4.78 is 0. The molecule has 17 heavy (non-hydrogen) atoms. The van der Waals surface area contributed by atoms with Crippen LogP contribution >= 0.6 is 11.6 Å². The number of rotatable bonds is 3. The molecule has 1 aliphatic rings. The molecule has 1 saturated heterocycles. The van der Waals surface area contributed by atoms with Crippen LogP contribution in [0.5, 0.6) is 0 Å². The number of aromatic nitrogens is 2. The van der Waals surface area contributed by atoms with E-state index >= 15 is 0 Å². The molecule has 4 heteroatoms. The SMILES string of the molecule is CCCC1CCCCN1c1nc(Cl)ncc1C. The van der Waals surface area contributed by atoms with Crippen LogP contribution in [0.4, 0.5) is 5.82 Å². The topological polar surface area (TPSA) is 29.0 Å². The van der Waals surface area contributed by atoms with Crippen LogP contribution < -0.4 is 4.90 Å². The highest BCUT2D eigenvalue weighted by molar-refractivity contribution is 6.28. The summed E-state index contributed by atoms with van der Waals surface area (Å²) in [7, 11) is 0. The summed E-state index contributed by atoms with van der Waals surface area (Å²) >= 11 is 5.91. The monoisotopic (exact) mass is 253 g/mol. The standard InChI is InChI=1S/C13H20ClN3/c1-3-6-11-7-4-5-8-17(11)12-10(2)9-15-13(14)16-12/h9,11H,3-8H2,1-2H3. The maximum Gasteiger partial charge on any atom is 0.224 e. The molecule has 0 spiro atoms. The van der Waals surface area contributed by atoms with E-state index in [0.717, 1.165) is 17.9 Å². The zero-order valence-corrected chi connectivity index (χ0v) is 11.4. The van der Waals surface area contributed by atoms with E-state index in [9.17, 15) is 0 Å². The molecule has 0 saturated carbocycles. The number of halogens is 1. The Bertz CT molecular complexity index is 379. The molecule has 1 aliphatic heterocycles. The summed E-state index contributed by atoms with van der Waals surface area (Å²) in [6.07, 6.45) is 8.14. The highest BCUT2D eigenvalue weighted by Crippen LogP contribution is 2.28. The van der Waals surface area contributed by atoms with E-state index in [1.54, 1.807) is 0 Å². The van der Waals surface area contributed by atoms with E-state index in [-0.39, 0.29) is 0 Å². The van der Waals surface area contributed by atoms with E-state index in [0.29, 0.717) is 11.3 Å². The first-order chi connectivity index (χ1) is 8.22. The first-order valence-electron chi connectivity index (χ1n) is 6.48. The van der Waals surface area contributed by atoms with Gasteiger partial charge in [0.25, 0.3) is 0 Å². The van der Waals surface area contributed by atoms with E-state index in [1.807, 2.05) is 6.20 Å². The average Bonchev–Trinajstić information content (AvgIpc) is 2.34. The Balaban J connectivity index is 2.25. The molecule has 1 atom stereocenters. The van der Waals surface area contributed by atoms with Crippen molar-refractivity contribution < 1.29 is 0 Å². The fourth-order valence-corrected chi connectivity index (χ4v) is 2.74. The minimum Gasteiger partial charge on any atom is -0.353 e. The second kappa shape index (κ2) is 5.67. The molecule has 2 heterocycles. The van der Waals surface area contributed by atoms with Crippen LogP contribution in [0, 0.1) is 6.92 Å². The molecule has 0 amide bonds. The van der Waals surface area contributed by atoms with Crippen LogP contribution in [0.25, 0.3) is 0 Å². The molecule has 1 unspecified atom stereocenters. The van der Waals surface area contributed by atoms with Crippen LogP contribution in [0.2, 0.25) is 5.28 Å². The van der Waals surface area contributed by atoms with E-state index in [1.165, 1.54) is 32.1 Å². The predicted octanol–water partition coefficient (Wildman–Crippen LogP) is 3.60. The number of nitrogens with zero attached hydrogens (tertiary/aromatic N) is 3. The molecule has 0 radical (unpaired) electrons. The van der Waals surface area contributed by atoms with Crippen LogP contribution in [0.3, 0.4) is 0 Å². The summed E-state index contributed by atoms with van der Waals surface area (Å²) in [5.41, 5.74) is 1.12. The summed E-state index contributed by atoms with van der Waals surface area (Å²) in [5.74, 6) is 1.03. The van der Waals surface area contributed by atoms with E-state index < -0.39 is 0 Å². The summed E-state index contributed by atoms with van der Waals surface area (Å²) in [6, 6.07) is 0.624. The van der Waals surface area contributed by atoms with Crippen molar-refractivity contribution in [2.24, 2.45) is 0 Å². The summed E-state index contributed by atoms with van der Waals surface area (Å²) in [4.78, 5) is 10.9. The van der Waals surface area contributed by atoms with Crippen molar-refractivity contribution in [1.29, 1.82) is 0 Å². The zero-order chi connectivity index (χ0) is 12.3. The highest BCUT2D eigenvalue weighted by atomic mass is 35.5. The lowest BCUT2D eigenvalue weighted by Crippen LogP contribution is -2.40. The first kappa shape index (κ1) is 12.6. The molecule has 0 aromatic carbocycles. The Morgan fingerprint density at radius 3 is 3.06 bits per heavy atom. The van der Waals surface area contributed by atoms with Gasteiger partial charge in [-0.25, -0.2) is 9.97 Å². The maximum atomic E-state index is 5.91. The second-order valence-electron chi connectivity index (χ2n) is 4.78. The molecule has 94 valence electrons. The molecule has 1 aromatic rings. The highest BCUT2D eigenvalue weighted by Gasteiger charge is 2.24. The zero-order valence-electron chi connectivity index (χ0n) is 10.6. The van der Waals surface area contributed by atoms with Crippen molar-refractivity contribution in [3.05, 3.63) is 17.0 Å². The molecule has 2 rings (SSSR count). The van der Waals surface area contributed by atoms with Gasteiger partial charge in [-0.2, -0.15) is 0 Å². The Kier molecular flexibility index (Phi) is 4.21. The number of hydrogen-bond acceptors (Lipinski definition) is 3. The third-order valence-corrected chi connectivity index (χ3v) is 3.62. The molecular formula is C13H20ClN3. The van der Waals surface area contributed by atoms with Gasteiger partial charge in [0.05, 0.1) is 0 Å². The van der Waals surface area contributed by atoms with Crippen molar-refractivity contribution >= 4 is 17.4 Å². The number of anilines is 1. The van der Waals surface area contributed by atoms with Crippen LogP contribution in [-0.2, 0) is 0 Å². The third-order valence-electron chi connectivity index (χ3n) is 3.44. The molecular weight excluding hydrogens is 234 g/mol. The Labute approximate surface area is 108 Å². The van der Waals surface area contributed by atoms with Gasteiger partial charge in [-0.15, -0.1) is 0 Å². The van der Waals surface area contributed by atoms with Gasteiger partial charge in [-0.3, -0.25) is 0 Å². The lowest BCUT2D eigenvalue weighted by atomic mass is 9.98. The van der Waals surface area contributed by atoms with Crippen molar-refractivity contribution in [3.63, 3.8) is 0 Å². The van der Waals surface area contributed by atoms with Gasteiger partial charge < -0.3 is 4.90 Å². The van der Waals surface area contributed by atoms with Gasteiger partial charge >= 0.3 is 0 Å². The molecule has 3 nitrogen and oxygen atoms in total. The van der Waals surface area contributed by atoms with Gasteiger partial charge in [0.1, 0.15) is 5.82 Å². The predicted molar refractivity (Wildman–Crippen MR) is 71.7 cm³/mol. The molecule has 0 aliphatic carbocycles. The van der Waals surface area contributed by atoms with Gasteiger partial charge in [0.2, 0.25) is 5.28 Å². The van der Waals surface area contributed by atoms with Crippen LogP contribution in [0.15, 0.2) is 6.20 Å². The fourth-order valence-electron chi connectivity index (χ4n) is 2.62. The van der Waals surface area contributed by atoms with Gasteiger partial charge in [-0.1, -0.05) is 13.3 Å². The van der Waals surface area contributed by atoms with Gasteiger partial charge in [-0.05, 0) is 44.2 Å².